The summed E-state index contributed by atoms with van der Waals surface area (Å²) in [5.74, 6) is 0.0682. The standard InChI is InChI=1S/C15H23N3O2/c1-11-14(10-16-18(11)12-4-2-3-5-12)15(20)17-8-6-13(19)7-9-17/h10,12-13,19H,2-9H2,1H3. The normalized spacial score (nSPS) is 21.6. The Hall–Kier alpha value is -1.36. The second-order valence-electron chi connectivity index (χ2n) is 6.05. The molecule has 3 rings (SSSR count). The van der Waals surface area contributed by atoms with Crippen LogP contribution in [-0.4, -0.2) is 44.9 Å². The van der Waals surface area contributed by atoms with Crippen molar-refractivity contribution >= 4 is 5.91 Å². The third kappa shape index (κ3) is 2.46. The first kappa shape index (κ1) is 13.6. The molecule has 1 aromatic rings. The molecule has 2 aliphatic rings. The van der Waals surface area contributed by atoms with Crippen molar-refractivity contribution in [2.45, 2.75) is 57.6 Å². The Balaban J connectivity index is 1.75. The lowest BCUT2D eigenvalue weighted by Crippen LogP contribution is -2.40. The van der Waals surface area contributed by atoms with Crippen molar-refractivity contribution in [3.63, 3.8) is 0 Å². The van der Waals surface area contributed by atoms with E-state index in [2.05, 4.69) is 5.10 Å². The lowest BCUT2D eigenvalue weighted by Gasteiger charge is -2.29. The number of carbonyl (C=O) groups excluding carboxylic acids is 1. The fraction of sp³-hybridized carbons (Fsp3) is 0.733. The fourth-order valence-corrected chi connectivity index (χ4v) is 3.39. The van der Waals surface area contributed by atoms with Crippen molar-refractivity contribution in [3.05, 3.63) is 17.5 Å². The zero-order chi connectivity index (χ0) is 14.1. The Morgan fingerprint density at radius 1 is 1.25 bits per heavy atom. The van der Waals surface area contributed by atoms with Gasteiger partial charge in [-0.05, 0) is 32.6 Å². The monoisotopic (exact) mass is 277 g/mol. The molecule has 1 saturated heterocycles. The van der Waals surface area contributed by atoms with Crippen molar-refractivity contribution < 1.29 is 9.90 Å². The molecule has 1 saturated carbocycles. The number of hydrogen-bond donors (Lipinski definition) is 1. The Morgan fingerprint density at radius 2 is 1.90 bits per heavy atom. The van der Waals surface area contributed by atoms with Crippen LogP contribution in [0.25, 0.3) is 0 Å². The van der Waals surface area contributed by atoms with E-state index in [1.807, 2.05) is 16.5 Å². The molecule has 110 valence electrons. The smallest absolute Gasteiger partial charge is 0.257 e. The van der Waals surface area contributed by atoms with Crippen LogP contribution in [-0.2, 0) is 0 Å². The molecule has 1 N–H and O–H groups in total. The van der Waals surface area contributed by atoms with Gasteiger partial charge in [-0.25, -0.2) is 0 Å². The fourth-order valence-electron chi connectivity index (χ4n) is 3.39. The second-order valence-corrected chi connectivity index (χ2v) is 6.05. The van der Waals surface area contributed by atoms with Crippen molar-refractivity contribution in [2.75, 3.05) is 13.1 Å². The van der Waals surface area contributed by atoms with Gasteiger partial charge >= 0.3 is 0 Å². The zero-order valence-corrected chi connectivity index (χ0v) is 12.1. The molecule has 0 spiro atoms. The van der Waals surface area contributed by atoms with E-state index in [1.165, 1.54) is 25.7 Å². The quantitative estimate of drug-likeness (QED) is 0.898. The maximum absolute atomic E-state index is 12.5. The number of carbonyl (C=O) groups is 1. The van der Waals surface area contributed by atoms with Gasteiger partial charge in [0.15, 0.2) is 0 Å². The largest absolute Gasteiger partial charge is 0.393 e. The minimum absolute atomic E-state index is 0.0682. The molecule has 0 radical (unpaired) electrons. The van der Waals surface area contributed by atoms with Crippen LogP contribution in [0, 0.1) is 6.92 Å². The highest BCUT2D eigenvalue weighted by molar-refractivity contribution is 5.95. The Kier molecular flexibility index (Phi) is 3.78. The van der Waals surface area contributed by atoms with Gasteiger partial charge in [0.25, 0.3) is 5.91 Å². The SMILES string of the molecule is Cc1c(C(=O)N2CCC(O)CC2)cnn1C1CCCC1. The van der Waals surface area contributed by atoms with Gasteiger partial charge in [-0.15, -0.1) is 0 Å². The van der Waals surface area contributed by atoms with E-state index in [0.717, 1.165) is 11.3 Å². The summed E-state index contributed by atoms with van der Waals surface area (Å²) >= 11 is 0. The molecular formula is C15H23N3O2. The van der Waals surface area contributed by atoms with Gasteiger partial charge in [0.1, 0.15) is 0 Å². The minimum Gasteiger partial charge on any atom is -0.393 e. The predicted molar refractivity (Wildman–Crippen MR) is 75.6 cm³/mol. The molecule has 2 heterocycles. The van der Waals surface area contributed by atoms with Crippen LogP contribution >= 0.6 is 0 Å². The van der Waals surface area contributed by atoms with Gasteiger partial charge in [0, 0.05) is 18.8 Å². The van der Waals surface area contributed by atoms with Crippen LogP contribution in [0.4, 0.5) is 0 Å². The molecule has 0 bridgehead atoms. The molecule has 1 amide bonds. The molecular weight excluding hydrogens is 254 g/mol. The summed E-state index contributed by atoms with van der Waals surface area (Å²) in [5, 5.41) is 14.0. The molecule has 1 aromatic heterocycles. The van der Waals surface area contributed by atoms with E-state index in [-0.39, 0.29) is 12.0 Å². The van der Waals surface area contributed by atoms with Crippen LogP contribution in [0.1, 0.15) is 60.6 Å². The minimum atomic E-state index is -0.249. The number of aliphatic hydroxyl groups is 1. The van der Waals surface area contributed by atoms with E-state index < -0.39 is 0 Å². The summed E-state index contributed by atoms with van der Waals surface area (Å²) in [5.41, 5.74) is 1.72. The Morgan fingerprint density at radius 3 is 2.55 bits per heavy atom. The van der Waals surface area contributed by atoms with E-state index in [4.69, 9.17) is 0 Å². The molecule has 1 aliphatic carbocycles. The van der Waals surface area contributed by atoms with E-state index in [9.17, 15) is 9.90 Å². The lowest BCUT2D eigenvalue weighted by atomic mass is 10.1. The summed E-state index contributed by atoms with van der Waals surface area (Å²) < 4.78 is 2.04. The van der Waals surface area contributed by atoms with Crippen LogP contribution in [0.2, 0.25) is 0 Å². The molecule has 20 heavy (non-hydrogen) atoms. The van der Waals surface area contributed by atoms with E-state index >= 15 is 0 Å². The summed E-state index contributed by atoms with van der Waals surface area (Å²) in [4.78, 5) is 14.4. The van der Waals surface area contributed by atoms with Gasteiger partial charge < -0.3 is 10.0 Å². The van der Waals surface area contributed by atoms with Gasteiger partial charge in [-0.3, -0.25) is 9.48 Å². The Bertz CT molecular complexity index is 483. The van der Waals surface area contributed by atoms with Crippen LogP contribution in [0.3, 0.4) is 0 Å². The first-order valence-electron chi connectivity index (χ1n) is 7.68. The van der Waals surface area contributed by atoms with Crippen LogP contribution in [0.15, 0.2) is 6.20 Å². The lowest BCUT2D eigenvalue weighted by molar-refractivity contribution is 0.0546. The second kappa shape index (κ2) is 5.56. The van der Waals surface area contributed by atoms with Crippen molar-refractivity contribution in [2.24, 2.45) is 0 Å². The molecule has 2 fully saturated rings. The van der Waals surface area contributed by atoms with Crippen molar-refractivity contribution in [3.8, 4) is 0 Å². The highest BCUT2D eigenvalue weighted by atomic mass is 16.3. The number of likely N-dealkylation sites (tertiary alicyclic amines) is 1. The number of aromatic nitrogens is 2. The third-order valence-corrected chi connectivity index (χ3v) is 4.70. The van der Waals surface area contributed by atoms with Gasteiger partial charge in [0.05, 0.1) is 23.9 Å². The molecule has 5 nitrogen and oxygen atoms in total. The zero-order valence-electron chi connectivity index (χ0n) is 12.1. The molecule has 5 heteroatoms. The third-order valence-electron chi connectivity index (χ3n) is 4.70. The van der Waals surface area contributed by atoms with E-state index in [1.54, 1.807) is 6.20 Å². The first-order chi connectivity index (χ1) is 9.66. The first-order valence-corrected chi connectivity index (χ1v) is 7.68. The number of rotatable bonds is 2. The predicted octanol–water partition coefficient (Wildman–Crippen LogP) is 1.90. The number of hydrogen-bond acceptors (Lipinski definition) is 3. The van der Waals surface area contributed by atoms with Gasteiger partial charge in [0.2, 0.25) is 0 Å². The summed E-state index contributed by atoms with van der Waals surface area (Å²) in [6.45, 7) is 3.29. The van der Waals surface area contributed by atoms with Crippen molar-refractivity contribution in [1.29, 1.82) is 0 Å². The average molecular weight is 277 g/mol. The number of nitrogens with zero attached hydrogens (tertiary/aromatic N) is 3. The topological polar surface area (TPSA) is 58.4 Å². The number of aliphatic hydroxyl groups excluding tert-OH is 1. The van der Waals surface area contributed by atoms with Crippen LogP contribution in [0.5, 0.6) is 0 Å². The van der Waals surface area contributed by atoms with Gasteiger partial charge in [-0.2, -0.15) is 5.10 Å². The average Bonchev–Trinajstić information content (AvgIpc) is 3.08. The maximum Gasteiger partial charge on any atom is 0.257 e. The van der Waals surface area contributed by atoms with E-state index in [0.29, 0.717) is 32.0 Å². The van der Waals surface area contributed by atoms with Crippen LogP contribution < -0.4 is 0 Å². The summed E-state index contributed by atoms with van der Waals surface area (Å²) in [7, 11) is 0. The highest BCUT2D eigenvalue weighted by Crippen LogP contribution is 2.30. The number of amides is 1. The highest BCUT2D eigenvalue weighted by Gasteiger charge is 2.27. The Labute approximate surface area is 119 Å². The molecule has 1 aliphatic heterocycles. The van der Waals surface area contributed by atoms with Crippen molar-refractivity contribution in [1.82, 2.24) is 14.7 Å². The molecule has 0 atom stereocenters. The summed E-state index contributed by atoms with van der Waals surface area (Å²) in [6.07, 6.45) is 7.71. The maximum atomic E-state index is 12.5. The molecule has 0 unspecified atom stereocenters. The number of piperidine rings is 1. The van der Waals surface area contributed by atoms with Gasteiger partial charge in [-0.1, -0.05) is 12.8 Å². The summed E-state index contributed by atoms with van der Waals surface area (Å²) in [6, 6.07) is 0.472. The molecule has 0 aromatic carbocycles.